The van der Waals surface area contributed by atoms with Gasteiger partial charge in [0.25, 0.3) is 15.9 Å². The van der Waals surface area contributed by atoms with Crippen LogP contribution < -0.4 is 85.1 Å². The monoisotopic (exact) mass is 1630 g/mol. The second-order valence-electron chi connectivity index (χ2n) is 24.7. The third-order valence-electron chi connectivity index (χ3n) is 17.0. The number of cyclic esters (lactones) is 1. The van der Waals surface area contributed by atoms with Crippen molar-refractivity contribution in [2.24, 2.45) is 11.1 Å². The van der Waals surface area contributed by atoms with E-state index in [0.29, 0.717) is 55.5 Å². The number of anilines is 3. The van der Waals surface area contributed by atoms with Gasteiger partial charge < -0.3 is 35.0 Å². The van der Waals surface area contributed by atoms with Crippen LogP contribution >= 0.6 is 34.5 Å². The standard InChI is InChI=1S/C17H14F3N3O2S.C17H14O4S.C15H18O3.C14H11Cl2NO2.C14H13N3O4S2.2Na/c1-11-2-4-12(5-3-11)15-10-16(17(18,19)20)22-23(15)13-6-8-14(9-7-13)26(21,24)25;1-22(19,20)14-9-7-12(8-10-14)15-11-21-17(18)16(15)13-5-3-2-4-6-13;1-10(15(17)18)12-7-5-11(6-8-12)9-13-3-2-4-14(13)16;15-10-5-3-6-11(16)14(10)17-12-7-2-1-4-9(12)8-13(18)19;1-8-7-15-14(22-8)16-13(19)11-12(18)9-5-3-4-6-10(9)23(20,21)17(11)2;;/h2-10H,1H3,(H2,21,24,25);2-10H,11H2,1H3;5-8,10,13H,2-4,9H2,1H3,(H,17,18);1-7,17H,8H2,(H,18,19);3-7,18H,1-2H3,(H,15,16,19);;/q;;;;;2*+1/p-2. The first-order chi connectivity index (χ1) is 51.0. The van der Waals surface area contributed by atoms with Crippen molar-refractivity contribution < 1.29 is 142 Å². The number of nitrogens with zero attached hydrogens (tertiary/aromatic N) is 4. The Kier molecular flexibility index (Phi) is 30.9. The summed E-state index contributed by atoms with van der Waals surface area (Å²) in [7, 11) is -9.80. The van der Waals surface area contributed by atoms with E-state index in [9.17, 15) is 77.7 Å². The summed E-state index contributed by atoms with van der Waals surface area (Å²) in [4.78, 5) is 62.4. The number of thiazole rings is 1. The molecular formula is C77H68Cl2F3N7Na2O15S4. The number of para-hydroxylation sites is 2. The number of ketones is 1. The molecule has 1 aliphatic carbocycles. The van der Waals surface area contributed by atoms with E-state index in [2.05, 4.69) is 20.7 Å². The Labute approximate surface area is 691 Å². The van der Waals surface area contributed by atoms with Gasteiger partial charge in [-0.3, -0.25) is 19.2 Å². The van der Waals surface area contributed by atoms with E-state index in [1.165, 1.54) is 61.0 Å². The summed E-state index contributed by atoms with van der Waals surface area (Å²) in [6, 6.07) is 54.5. The zero-order valence-electron chi connectivity index (χ0n) is 60.1. The van der Waals surface area contributed by atoms with E-state index in [1.54, 1.807) is 116 Å². The number of fused-ring (bicyclic) bond motifs is 1. The summed E-state index contributed by atoms with van der Waals surface area (Å²) in [5, 5.41) is 47.4. The number of halogens is 5. The first-order valence-electron chi connectivity index (χ1n) is 32.7. The molecule has 5 N–H and O–H groups in total. The molecule has 4 heterocycles. The number of sulfone groups is 1. The predicted octanol–water partition coefficient (Wildman–Crippen LogP) is 6.51. The minimum Gasteiger partial charge on any atom is -0.550 e. The van der Waals surface area contributed by atoms with E-state index in [0.717, 1.165) is 72.6 Å². The summed E-state index contributed by atoms with van der Waals surface area (Å²) in [5.41, 5.74) is 7.31. The van der Waals surface area contributed by atoms with Gasteiger partial charge in [-0.15, -0.1) is 11.3 Å². The molecule has 8 aromatic carbocycles. The molecule has 10 aromatic rings. The number of carboxylic acid groups (broad SMARTS) is 2. The maximum atomic E-state index is 13.1. The van der Waals surface area contributed by atoms with Gasteiger partial charge in [0, 0.05) is 83.4 Å². The van der Waals surface area contributed by atoms with Gasteiger partial charge >= 0.3 is 71.3 Å². The molecule has 110 heavy (non-hydrogen) atoms. The fourth-order valence-electron chi connectivity index (χ4n) is 11.3. The van der Waals surface area contributed by atoms with Crippen LogP contribution in [0.25, 0.3) is 33.9 Å². The number of hydrogen-bond donors (Lipinski definition) is 4. The number of aromatic nitrogens is 3. The van der Waals surface area contributed by atoms with Crippen molar-refractivity contribution in [3.05, 3.63) is 272 Å². The van der Waals surface area contributed by atoms with E-state index >= 15 is 0 Å². The summed E-state index contributed by atoms with van der Waals surface area (Å²) in [5.74, 6) is -3.74. The molecule has 22 nitrogen and oxygen atoms in total. The molecule has 13 rings (SSSR count). The number of aryl methyl sites for hydroxylation is 2. The van der Waals surface area contributed by atoms with E-state index in [-0.39, 0.29) is 127 Å². The van der Waals surface area contributed by atoms with Crippen LogP contribution in [0, 0.1) is 19.8 Å². The van der Waals surface area contributed by atoms with Crippen LogP contribution in [-0.4, -0.2) is 98.9 Å². The molecular weight excluding hydrogens is 1570 g/mol. The summed E-state index contributed by atoms with van der Waals surface area (Å²) in [6.45, 7) is 5.51. The number of amides is 1. The number of rotatable bonds is 16. The largest absolute Gasteiger partial charge is 1.00 e. The smallest absolute Gasteiger partial charge is 0.550 e. The number of Topliss-reactive ketones (excluding diaryl/α,β-unsaturated/α-hetero) is 1. The Bertz CT molecular complexity index is 5430. The SMILES string of the molecule is CC(C(=O)[O-])c1ccc(CC2CCCC2=O)cc1.CS(=O)(=O)c1ccc(C2=C(c3ccccc3)C(=O)OC2)cc1.Cc1ccc(-c2cc(C(F)(F)F)nn2-c2ccc(S(N)(=O)=O)cc2)cc1.Cc1cnc(NC(=O)C2=C(O)c3ccccc3S(=O)(=O)N2C)s1.O=C([O-])Cc1ccccc1Nc1c(Cl)cccc1Cl.[Na+].[Na+]. The summed E-state index contributed by atoms with van der Waals surface area (Å²) < 4.78 is 117. The second kappa shape index (κ2) is 38.4. The van der Waals surface area contributed by atoms with Crippen molar-refractivity contribution in [3.8, 4) is 16.9 Å². The number of hydrogen-bond acceptors (Lipinski definition) is 19. The van der Waals surface area contributed by atoms with Gasteiger partial charge in [-0.05, 0) is 134 Å². The van der Waals surface area contributed by atoms with Crippen LogP contribution in [0.4, 0.5) is 29.7 Å². The Morgan fingerprint density at radius 2 is 1.36 bits per heavy atom. The average Bonchev–Trinajstić information content (AvgIpc) is 0.991. The first kappa shape index (κ1) is 88.4. The molecule has 2 aliphatic heterocycles. The van der Waals surface area contributed by atoms with E-state index in [4.69, 9.17) is 33.1 Å². The molecule has 2 unspecified atom stereocenters. The first-order valence-corrected chi connectivity index (χ1v) is 39.1. The number of alkyl halides is 3. The Morgan fingerprint density at radius 3 is 1.93 bits per heavy atom. The number of carbonyl (C=O) groups excluding carboxylic acids is 5. The third kappa shape index (κ3) is 22.7. The third-order valence-corrected chi connectivity index (χ3v) is 22.3. The van der Waals surface area contributed by atoms with Crippen molar-refractivity contribution in [2.75, 3.05) is 30.5 Å². The maximum absolute atomic E-state index is 13.1. The number of aliphatic hydroxyl groups is 1. The molecule has 1 fully saturated rings. The zero-order chi connectivity index (χ0) is 78.6. The minimum atomic E-state index is -4.61. The number of nitrogens with two attached hydrogens (primary N) is 1. The minimum absolute atomic E-state index is 0. The molecule has 1 saturated carbocycles. The molecule has 0 spiro atoms. The molecule has 2 atom stereocenters. The molecule has 33 heteroatoms. The molecule has 1 amide bonds. The number of primary sulfonamides is 1. The summed E-state index contributed by atoms with van der Waals surface area (Å²) in [6.07, 6.45) is 1.45. The number of ether oxygens (including phenoxy) is 1. The van der Waals surface area contributed by atoms with E-state index in [1.807, 2.05) is 68.4 Å². The topological polar surface area (TPSA) is 347 Å². The number of carboxylic acids is 2. The fraction of sp³-hybridized carbons (Fsp3) is 0.182. The molecule has 0 saturated heterocycles. The van der Waals surface area contributed by atoms with Gasteiger partial charge in [-0.25, -0.2) is 44.9 Å². The van der Waals surface area contributed by atoms with Crippen molar-refractivity contribution in [1.82, 2.24) is 19.1 Å². The normalized spacial score (nSPS) is 14.5. The fourth-order valence-corrected chi connectivity index (χ4v) is 15.0. The van der Waals surface area contributed by atoms with Crippen molar-refractivity contribution >= 4 is 127 Å². The number of benzene rings is 8. The Balaban J connectivity index is 0.000000191. The van der Waals surface area contributed by atoms with Gasteiger partial charge in [-0.2, -0.15) is 18.3 Å². The molecule has 562 valence electrons. The van der Waals surface area contributed by atoms with Crippen LogP contribution in [0.2, 0.25) is 10.0 Å². The Morgan fingerprint density at radius 1 is 0.773 bits per heavy atom. The van der Waals surface area contributed by atoms with Gasteiger partial charge in [-0.1, -0.05) is 163 Å². The average molecular weight is 1630 g/mol. The van der Waals surface area contributed by atoms with Gasteiger partial charge in [0.15, 0.2) is 32.1 Å². The number of sulfonamides is 2. The van der Waals surface area contributed by atoms with Crippen molar-refractivity contribution in [2.45, 2.75) is 79.7 Å². The van der Waals surface area contributed by atoms with Crippen molar-refractivity contribution in [1.29, 1.82) is 0 Å². The quantitative estimate of drug-likeness (QED) is 0.0591. The number of esters is 1. The molecule has 0 bridgehead atoms. The van der Waals surface area contributed by atoms with Crippen molar-refractivity contribution in [3.63, 3.8) is 0 Å². The Hall–Kier alpha value is -8.79. The predicted molar refractivity (Wildman–Crippen MR) is 401 cm³/mol. The number of nitrogens with one attached hydrogen (secondary N) is 2. The molecule has 3 aliphatic rings. The number of likely N-dealkylation sites (N-methyl/N-ethyl adjacent to an activating group) is 1. The van der Waals surface area contributed by atoms with Gasteiger partial charge in [0.2, 0.25) is 10.0 Å². The number of aliphatic carboxylic acids is 2. The van der Waals surface area contributed by atoms with Gasteiger partial charge in [0.05, 0.1) is 47.4 Å². The summed E-state index contributed by atoms with van der Waals surface area (Å²) >= 11 is 13.4. The van der Waals surface area contributed by atoms with Crippen LogP contribution in [0.5, 0.6) is 0 Å². The molecule has 0 radical (unpaired) electrons. The second-order valence-corrected chi connectivity index (χ2v) is 32.3. The zero-order valence-corrected chi connectivity index (χ0v) is 68.9. The number of aliphatic hydroxyl groups excluding tert-OH is 1. The van der Waals surface area contributed by atoms with Crippen LogP contribution in [0.1, 0.15) is 81.6 Å². The maximum Gasteiger partial charge on any atom is 1.00 e. The number of carbonyl (C=O) groups is 5. The van der Waals surface area contributed by atoms with Crippen LogP contribution in [-0.2, 0) is 77.6 Å². The van der Waals surface area contributed by atoms with Crippen LogP contribution in [0.15, 0.2) is 227 Å². The van der Waals surface area contributed by atoms with Gasteiger partial charge in [0.1, 0.15) is 12.4 Å². The van der Waals surface area contributed by atoms with E-state index < -0.39 is 65.5 Å². The van der Waals surface area contributed by atoms with Crippen LogP contribution in [0.3, 0.4) is 0 Å². The molecule has 2 aromatic heterocycles.